The number of amides is 1. The molecule has 1 N–H and O–H groups in total. The molecule has 0 unspecified atom stereocenters. The second-order valence-electron chi connectivity index (χ2n) is 7.99. The highest BCUT2D eigenvalue weighted by atomic mass is 35.5. The fourth-order valence-corrected chi connectivity index (χ4v) is 3.46. The number of anilines is 1. The molecule has 0 saturated heterocycles. The number of aryl methyl sites for hydroxylation is 1. The molecule has 4 rings (SSSR count). The van der Waals surface area contributed by atoms with E-state index in [1.165, 1.54) is 35.1 Å². The Morgan fingerprint density at radius 3 is 2.44 bits per heavy atom. The highest BCUT2D eigenvalue weighted by Crippen LogP contribution is 2.32. The number of nitrogens with one attached hydrogen (secondary N) is 1. The Morgan fingerprint density at radius 1 is 1.14 bits per heavy atom. The van der Waals surface area contributed by atoms with E-state index in [0.717, 1.165) is 12.1 Å². The summed E-state index contributed by atoms with van der Waals surface area (Å²) in [5, 5.41) is 10.8. The predicted molar refractivity (Wildman–Crippen MR) is 125 cm³/mol. The van der Waals surface area contributed by atoms with Crippen LogP contribution in [0.5, 0.6) is 0 Å². The number of hydrogen-bond donors (Lipinski definition) is 1. The Kier molecular flexibility index (Phi) is 6.72. The summed E-state index contributed by atoms with van der Waals surface area (Å²) in [6, 6.07) is 8.10. The number of aromatic nitrogens is 5. The number of benzene rings is 1. The molecule has 13 heteroatoms. The van der Waals surface area contributed by atoms with Crippen molar-refractivity contribution in [1.29, 1.82) is 0 Å². The quantitative estimate of drug-likeness (QED) is 0.355. The number of hydrogen-bond acceptors (Lipinski definition) is 6. The van der Waals surface area contributed by atoms with Gasteiger partial charge in [0.1, 0.15) is 0 Å². The van der Waals surface area contributed by atoms with Gasteiger partial charge in [-0.15, -0.1) is 0 Å². The van der Waals surface area contributed by atoms with Crippen LogP contribution in [0.3, 0.4) is 0 Å². The zero-order chi connectivity index (χ0) is 26.2. The van der Waals surface area contributed by atoms with Gasteiger partial charge in [0.2, 0.25) is 0 Å². The van der Waals surface area contributed by atoms with Crippen LogP contribution in [0, 0.1) is 0 Å². The van der Waals surface area contributed by atoms with Gasteiger partial charge < -0.3 is 10.1 Å². The molecule has 0 aliphatic heterocycles. The first-order valence-electron chi connectivity index (χ1n) is 10.8. The molecule has 4 aromatic rings. The number of carbonyl (C=O) groups is 2. The Morgan fingerprint density at radius 2 is 1.83 bits per heavy atom. The minimum atomic E-state index is -4.78. The Labute approximate surface area is 207 Å². The third-order valence-electron chi connectivity index (χ3n) is 4.96. The van der Waals surface area contributed by atoms with Crippen LogP contribution in [0.1, 0.15) is 47.4 Å². The number of halogens is 4. The summed E-state index contributed by atoms with van der Waals surface area (Å²) in [6.07, 6.45) is -3.78. The molecule has 188 valence electrons. The lowest BCUT2D eigenvalue weighted by Gasteiger charge is -2.11. The van der Waals surface area contributed by atoms with E-state index in [9.17, 15) is 22.8 Å². The largest absolute Gasteiger partial charge is 0.458 e. The fourth-order valence-electron chi connectivity index (χ4n) is 3.34. The Bertz CT molecular complexity index is 1440. The van der Waals surface area contributed by atoms with Crippen molar-refractivity contribution >= 4 is 34.8 Å². The Hall–Kier alpha value is -3.93. The highest BCUT2D eigenvalue weighted by molar-refractivity contribution is 6.30. The zero-order valence-electron chi connectivity index (χ0n) is 19.3. The number of rotatable bonds is 6. The number of alkyl halides is 3. The standard InChI is InChI=1S/C23H20ClF3N6O3/c1-4-32-11-17(20(31-32)22(35)36-12(2)3)29-21(34)16-10-19-28-15(13-5-7-14(24)8-6-13)9-18(23(25,26)27)33(19)30-16/h5-12H,4H2,1-3H3,(H,29,34). The first-order valence-corrected chi connectivity index (χ1v) is 11.2. The van der Waals surface area contributed by atoms with Crippen LogP contribution in [-0.2, 0) is 17.5 Å². The summed E-state index contributed by atoms with van der Waals surface area (Å²) in [5.41, 5.74) is -1.31. The van der Waals surface area contributed by atoms with Crippen molar-refractivity contribution in [2.24, 2.45) is 0 Å². The van der Waals surface area contributed by atoms with Gasteiger partial charge in [-0.1, -0.05) is 23.7 Å². The maximum atomic E-state index is 13.8. The average Bonchev–Trinajstić information content (AvgIpc) is 3.42. The third-order valence-corrected chi connectivity index (χ3v) is 5.21. The molecule has 0 radical (unpaired) electrons. The van der Waals surface area contributed by atoms with Crippen LogP contribution in [0.25, 0.3) is 16.9 Å². The third kappa shape index (κ3) is 5.18. The molecule has 0 spiro atoms. The minimum Gasteiger partial charge on any atom is -0.458 e. The summed E-state index contributed by atoms with van der Waals surface area (Å²) in [7, 11) is 0. The van der Waals surface area contributed by atoms with Crippen molar-refractivity contribution in [3.63, 3.8) is 0 Å². The zero-order valence-corrected chi connectivity index (χ0v) is 20.1. The van der Waals surface area contributed by atoms with Gasteiger partial charge in [0.05, 0.1) is 17.5 Å². The summed E-state index contributed by atoms with van der Waals surface area (Å²) in [4.78, 5) is 29.6. The van der Waals surface area contributed by atoms with Crippen LogP contribution in [-0.4, -0.2) is 42.4 Å². The van der Waals surface area contributed by atoms with Crippen molar-refractivity contribution in [3.8, 4) is 11.3 Å². The van der Waals surface area contributed by atoms with Gasteiger partial charge >= 0.3 is 12.1 Å². The van der Waals surface area contributed by atoms with Crippen LogP contribution >= 0.6 is 11.6 Å². The molecular formula is C23H20ClF3N6O3. The second kappa shape index (κ2) is 9.61. The summed E-state index contributed by atoms with van der Waals surface area (Å²) in [6.45, 7) is 5.50. The highest BCUT2D eigenvalue weighted by Gasteiger charge is 2.36. The normalized spacial score (nSPS) is 11.8. The molecular weight excluding hydrogens is 501 g/mol. The van der Waals surface area contributed by atoms with Crippen LogP contribution < -0.4 is 5.32 Å². The topological polar surface area (TPSA) is 103 Å². The fraction of sp³-hybridized carbons (Fsp3) is 0.261. The minimum absolute atomic E-state index is 0.0290. The van der Waals surface area contributed by atoms with Crippen molar-refractivity contribution in [3.05, 3.63) is 64.7 Å². The molecule has 0 aliphatic carbocycles. The molecule has 9 nitrogen and oxygen atoms in total. The van der Waals surface area contributed by atoms with Gasteiger partial charge in [-0.3, -0.25) is 9.48 Å². The molecule has 3 heterocycles. The lowest BCUT2D eigenvalue weighted by molar-refractivity contribution is -0.142. The molecule has 1 amide bonds. The smallest absolute Gasteiger partial charge is 0.433 e. The lowest BCUT2D eigenvalue weighted by Crippen LogP contribution is -2.18. The first kappa shape index (κ1) is 25.2. The van der Waals surface area contributed by atoms with Gasteiger partial charge in [0.15, 0.2) is 22.7 Å². The molecule has 0 aliphatic rings. The molecule has 36 heavy (non-hydrogen) atoms. The van der Waals surface area contributed by atoms with Crippen LogP contribution in [0.2, 0.25) is 5.02 Å². The number of carbonyl (C=O) groups excluding carboxylic acids is 2. The van der Waals surface area contributed by atoms with E-state index < -0.39 is 29.9 Å². The molecule has 0 fully saturated rings. The summed E-state index contributed by atoms with van der Waals surface area (Å²) < 4.78 is 48.7. The molecule has 0 atom stereocenters. The monoisotopic (exact) mass is 520 g/mol. The lowest BCUT2D eigenvalue weighted by atomic mass is 10.1. The summed E-state index contributed by atoms with van der Waals surface area (Å²) >= 11 is 5.87. The number of fused-ring (bicyclic) bond motifs is 1. The number of ether oxygens (including phenoxy) is 1. The van der Waals surface area contributed by atoms with E-state index in [0.29, 0.717) is 21.6 Å². The maximum Gasteiger partial charge on any atom is 0.433 e. The number of nitrogens with zero attached hydrogens (tertiary/aromatic N) is 5. The summed E-state index contributed by atoms with van der Waals surface area (Å²) in [5.74, 6) is -1.60. The maximum absolute atomic E-state index is 13.8. The average molecular weight is 521 g/mol. The van der Waals surface area contributed by atoms with Crippen LogP contribution in [0.15, 0.2) is 42.6 Å². The molecule has 3 aromatic heterocycles. The van der Waals surface area contributed by atoms with E-state index in [4.69, 9.17) is 16.3 Å². The van der Waals surface area contributed by atoms with Gasteiger partial charge in [-0.2, -0.15) is 23.4 Å². The van der Waals surface area contributed by atoms with Gasteiger partial charge in [0.25, 0.3) is 5.91 Å². The van der Waals surface area contributed by atoms with Gasteiger partial charge in [-0.25, -0.2) is 14.3 Å². The second-order valence-corrected chi connectivity index (χ2v) is 8.42. The van der Waals surface area contributed by atoms with Crippen molar-refractivity contribution in [1.82, 2.24) is 24.4 Å². The SMILES string of the molecule is CCn1cc(NC(=O)c2cc3nc(-c4ccc(Cl)cc4)cc(C(F)(F)F)n3n2)c(C(=O)OC(C)C)n1. The van der Waals surface area contributed by atoms with E-state index in [2.05, 4.69) is 20.5 Å². The Balaban J connectivity index is 1.73. The van der Waals surface area contributed by atoms with E-state index >= 15 is 0 Å². The van der Waals surface area contributed by atoms with Gasteiger partial charge in [-0.05, 0) is 39.0 Å². The first-order chi connectivity index (χ1) is 17.0. The van der Waals surface area contributed by atoms with E-state index in [-0.39, 0.29) is 28.4 Å². The predicted octanol–water partition coefficient (Wildman–Crippen LogP) is 5.10. The molecule has 0 saturated carbocycles. The molecule has 1 aromatic carbocycles. The van der Waals surface area contributed by atoms with E-state index in [1.807, 2.05) is 0 Å². The van der Waals surface area contributed by atoms with Crippen molar-refractivity contribution < 1.29 is 27.5 Å². The molecule has 0 bridgehead atoms. The van der Waals surface area contributed by atoms with Crippen LogP contribution in [0.4, 0.5) is 18.9 Å². The van der Waals surface area contributed by atoms with E-state index in [1.54, 1.807) is 20.8 Å². The van der Waals surface area contributed by atoms with Crippen molar-refractivity contribution in [2.75, 3.05) is 5.32 Å². The van der Waals surface area contributed by atoms with Gasteiger partial charge in [0, 0.05) is 29.4 Å². The van der Waals surface area contributed by atoms with Crippen molar-refractivity contribution in [2.45, 2.75) is 39.6 Å². The number of esters is 1.